The number of carbonyl (C=O) groups excluding carboxylic acids is 1. The van der Waals surface area contributed by atoms with Crippen LogP contribution in [0.4, 0.5) is 13.2 Å². The summed E-state index contributed by atoms with van der Waals surface area (Å²) in [4.78, 5) is 16.3. The van der Waals surface area contributed by atoms with Gasteiger partial charge in [-0.15, -0.1) is 0 Å². The maximum absolute atomic E-state index is 13.0. The molecule has 0 atom stereocenters. The first-order chi connectivity index (χ1) is 14.2. The number of halogens is 5. The van der Waals surface area contributed by atoms with E-state index in [1.54, 1.807) is 6.92 Å². The number of alkyl halides is 3. The fourth-order valence-corrected chi connectivity index (χ4v) is 2.84. The number of aryl methyl sites for hydroxylation is 1. The van der Waals surface area contributed by atoms with Gasteiger partial charge in [-0.05, 0) is 42.5 Å². The first-order valence-corrected chi connectivity index (χ1v) is 10.4. The molecule has 0 aliphatic rings. The summed E-state index contributed by atoms with van der Waals surface area (Å²) in [5.74, 6) is -0.640. The molecule has 0 saturated carbocycles. The Morgan fingerprint density at radius 3 is 2.16 bits per heavy atom. The largest absolute Gasteiger partial charge is 0.416 e. The number of amides is 1. The highest BCUT2D eigenvalue weighted by Crippen LogP contribution is 2.32. The number of allylic oxidation sites excluding steroid dienone is 1. The minimum Gasteiger partial charge on any atom is -0.320 e. The molecule has 2 rings (SSSR count). The van der Waals surface area contributed by atoms with E-state index in [1.807, 2.05) is 6.92 Å². The lowest BCUT2D eigenvalue weighted by Gasteiger charge is -2.16. The van der Waals surface area contributed by atoms with Crippen LogP contribution in [0.3, 0.4) is 0 Å². The first kappa shape index (κ1) is 27.0. The Morgan fingerprint density at radius 1 is 1.13 bits per heavy atom. The van der Waals surface area contributed by atoms with Crippen LogP contribution in [0.25, 0.3) is 5.70 Å². The highest BCUT2D eigenvalue weighted by molar-refractivity contribution is 6.36. The summed E-state index contributed by atoms with van der Waals surface area (Å²) in [7, 11) is 0. The van der Waals surface area contributed by atoms with E-state index < -0.39 is 17.6 Å². The van der Waals surface area contributed by atoms with Gasteiger partial charge >= 0.3 is 6.18 Å². The van der Waals surface area contributed by atoms with Crippen molar-refractivity contribution in [2.45, 2.75) is 54.1 Å². The fourth-order valence-electron chi connectivity index (χ4n) is 2.37. The molecule has 1 N–H and O–H groups in total. The summed E-state index contributed by atoms with van der Waals surface area (Å²) in [6.07, 6.45) is -1.19. The van der Waals surface area contributed by atoms with Crippen LogP contribution >= 0.6 is 23.2 Å². The number of nitrogens with one attached hydrogen (secondary N) is 1. The highest BCUT2D eigenvalue weighted by Gasteiger charge is 2.31. The van der Waals surface area contributed by atoms with Crippen LogP contribution in [0, 0.1) is 5.41 Å². The van der Waals surface area contributed by atoms with Gasteiger partial charge in [0.25, 0.3) is 5.91 Å². The molecule has 1 amide bonds. The Labute approximate surface area is 191 Å². The lowest BCUT2D eigenvalue weighted by Crippen LogP contribution is -2.24. The van der Waals surface area contributed by atoms with Crippen molar-refractivity contribution in [2.75, 3.05) is 0 Å². The number of hydrogen-bond donors (Lipinski definition) is 1. The zero-order valence-electron chi connectivity index (χ0n) is 18.4. The van der Waals surface area contributed by atoms with Gasteiger partial charge in [0.1, 0.15) is 5.69 Å². The summed E-state index contributed by atoms with van der Waals surface area (Å²) in [5.41, 5.74) is 0.844. The molecule has 1 aromatic carbocycles. The third-order valence-electron chi connectivity index (χ3n) is 3.67. The Balaban J connectivity index is 0.000000861. The van der Waals surface area contributed by atoms with Crippen LogP contribution in [-0.2, 0) is 12.6 Å². The molecule has 0 aliphatic heterocycles. The normalized spacial score (nSPS) is 12.2. The average molecular weight is 475 g/mol. The van der Waals surface area contributed by atoms with E-state index in [0.29, 0.717) is 23.0 Å². The van der Waals surface area contributed by atoms with Crippen molar-refractivity contribution in [3.05, 3.63) is 69.0 Å². The SMILES string of the molecule is C/C=C(/NC(=O)c1ncc(Cl)cc1Cl)c1cc(C(F)(F)F)ccc1CC.CC(C)(C)C. The molecule has 1 aromatic heterocycles. The minimum absolute atomic E-state index is 0.0465. The number of nitrogens with zero attached hydrogens (tertiary/aromatic N) is 1. The van der Waals surface area contributed by atoms with Gasteiger partial charge in [-0.2, -0.15) is 13.2 Å². The van der Waals surface area contributed by atoms with Gasteiger partial charge < -0.3 is 5.32 Å². The van der Waals surface area contributed by atoms with Gasteiger partial charge in [0.2, 0.25) is 0 Å². The number of pyridine rings is 1. The van der Waals surface area contributed by atoms with Crippen molar-refractivity contribution in [3.63, 3.8) is 0 Å². The maximum Gasteiger partial charge on any atom is 0.416 e. The van der Waals surface area contributed by atoms with Crippen LogP contribution in [0.1, 0.15) is 68.7 Å². The predicted molar refractivity (Wildman–Crippen MR) is 121 cm³/mol. The van der Waals surface area contributed by atoms with Gasteiger partial charge in [0.05, 0.1) is 15.6 Å². The van der Waals surface area contributed by atoms with Gasteiger partial charge in [0, 0.05) is 17.5 Å². The van der Waals surface area contributed by atoms with E-state index in [0.717, 1.165) is 12.1 Å². The molecule has 0 radical (unpaired) electrons. The number of hydrogen-bond acceptors (Lipinski definition) is 2. The molecule has 0 saturated heterocycles. The number of carbonyl (C=O) groups is 1. The molecule has 1 heterocycles. The molecular weight excluding hydrogens is 448 g/mol. The van der Waals surface area contributed by atoms with E-state index in [1.165, 1.54) is 24.4 Å². The molecule has 3 nitrogen and oxygen atoms in total. The lowest BCUT2D eigenvalue weighted by molar-refractivity contribution is -0.137. The van der Waals surface area contributed by atoms with Crippen molar-refractivity contribution >= 4 is 34.8 Å². The molecule has 0 aliphatic carbocycles. The van der Waals surface area contributed by atoms with Crippen molar-refractivity contribution in [3.8, 4) is 0 Å². The summed E-state index contributed by atoms with van der Waals surface area (Å²) < 4.78 is 39.1. The number of rotatable bonds is 4. The second-order valence-corrected chi connectivity index (χ2v) is 9.21. The average Bonchev–Trinajstić information content (AvgIpc) is 2.63. The summed E-state index contributed by atoms with van der Waals surface area (Å²) in [6, 6.07) is 4.81. The minimum atomic E-state index is -4.48. The topological polar surface area (TPSA) is 42.0 Å². The molecule has 0 unspecified atom stereocenters. The Kier molecular flexibility index (Phi) is 9.58. The van der Waals surface area contributed by atoms with Crippen molar-refractivity contribution in [1.29, 1.82) is 0 Å². The summed E-state index contributed by atoms with van der Waals surface area (Å²) >= 11 is 11.7. The Morgan fingerprint density at radius 2 is 1.71 bits per heavy atom. The molecule has 0 spiro atoms. The summed E-state index contributed by atoms with van der Waals surface area (Å²) in [6.45, 7) is 12.2. The van der Waals surface area contributed by atoms with Crippen LogP contribution in [0.2, 0.25) is 10.0 Å². The third kappa shape index (κ3) is 8.91. The second kappa shape index (κ2) is 11.0. The Bertz CT molecular complexity index is 943. The van der Waals surface area contributed by atoms with Gasteiger partial charge in [-0.25, -0.2) is 4.98 Å². The lowest BCUT2D eigenvalue weighted by atomic mass is 9.98. The van der Waals surface area contributed by atoms with Crippen molar-refractivity contribution in [2.24, 2.45) is 5.41 Å². The van der Waals surface area contributed by atoms with E-state index >= 15 is 0 Å². The smallest absolute Gasteiger partial charge is 0.320 e. The molecule has 31 heavy (non-hydrogen) atoms. The molecule has 8 heteroatoms. The number of benzene rings is 1. The number of aromatic nitrogens is 1. The van der Waals surface area contributed by atoms with Gasteiger partial charge in [0.15, 0.2) is 0 Å². The maximum atomic E-state index is 13.0. The van der Waals surface area contributed by atoms with E-state index in [-0.39, 0.29) is 21.4 Å². The van der Waals surface area contributed by atoms with Crippen LogP contribution in [0.5, 0.6) is 0 Å². The van der Waals surface area contributed by atoms with Crippen LogP contribution in [0.15, 0.2) is 36.5 Å². The summed E-state index contributed by atoms with van der Waals surface area (Å²) in [5, 5.41) is 2.89. The first-order valence-electron chi connectivity index (χ1n) is 9.66. The van der Waals surface area contributed by atoms with Crippen LogP contribution in [-0.4, -0.2) is 10.9 Å². The van der Waals surface area contributed by atoms with E-state index in [9.17, 15) is 18.0 Å². The Hall–Kier alpha value is -2.05. The molecule has 0 bridgehead atoms. The van der Waals surface area contributed by atoms with Gasteiger partial charge in [-0.1, -0.05) is 70.0 Å². The third-order valence-corrected chi connectivity index (χ3v) is 4.16. The quantitative estimate of drug-likeness (QED) is 0.490. The van der Waals surface area contributed by atoms with Crippen molar-refractivity contribution < 1.29 is 18.0 Å². The molecule has 0 fully saturated rings. The fraction of sp³-hybridized carbons (Fsp3) is 0.391. The zero-order valence-corrected chi connectivity index (χ0v) is 19.9. The van der Waals surface area contributed by atoms with E-state index in [4.69, 9.17) is 23.2 Å². The zero-order chi connectivity index (χ0) is 24.0. The standard InChI is InChI=1S/C18H15Cl2F3N2O.C5H12/c1-3-10-5-6-11(18(21,22)23)7-13(10)15(4-2)25-17(26)16-14(20)8-12(19)9-24-16;1-5(2,3)4/h4-9H,3H2,1-2H3,(H,25,26);1-4H3/b15-4+;. The second-order valence-electron chi connectivity index (χ2n) is 8.36. The van der Waals surface area contributed by atoms with Gasteiger partial charge in [-0.3, -0.25) is 4.79 Å². The monoisotopic (exact) mass is 474 g/mol. The molecule has 2 aromatic rings. The predicted octanol–water partition coefficient (Wildman–Crippen LogP) is 7.81. The molecule has 170 valence electrons. The molecular formula is C23H27Cl2F3N2O. The highest BCUT2D eigenvalue weighted by atomic mass is 35.5. The van der Waals surface area contributed by atoms with Crippen molar-refractivity contribution in [1.82, 2.24) is 10.3 Å². The van der Waals surface area contributed by atoms with Crippen LogP contribution < -0.4 is 5.32 Å². The van der Waals surface area contributed by atoms with E-state index in [2.05, 4.69) is 38.0 Å².